The molecule has 0 atom stereocenters. The molecule has 0 saturated carbocycles. The Hall–Kier alpha value is -1.39. The number of nitrogens with one attached hydrogen (secondary N) is 1. The van der Waals surface area contributed by atoms with Gasteiger partial charge < -0.3 is 9.55 Å². The van der Waals surface area contributed by atoms with Crippen molar-refractivity contribution in [3.8, 4) is 0 Å². The Balaban J connectivity index is 2.12. The Morgan fingerprint density at radius 3 is 2.84 bits per heavy atom. The van der Waals surface area contributed by atoms with Crippen molar-refractivity contribution < 1.29 is 0 Å². The number of nitrogens with zero attached hydrogens (tertiary/aromatic N) is 1. The number of halogens is 1. The van der Waals surface area contributed by atoms with E-state index >= 15 is 0 Å². The number of hydrogen-bond acceptors (Lipinski definition) is 1. The van der Waals surface area contributed by atoms with Gasteiger partial charge >= 0.3 is 0 Å². The SMILES string of the molecule is Cc1cccc(Cn2c(=S)[nH]c3ccc(Br)cc32)c1. The number of benzene rings is 2. The third kappa shape index (κ3) is 2.51. The number of H-pyrrole nitrogens is 1. The maximum Gasteiger partial charge on any atom is 0.178 e. The van der Waals surface area contributed by atoms with E-state index in [1.54, 1.807) is 0 Å². The molecule has 0 fully saturated rings. The molecule has 0 unspecified atom stereocenters. The lowest BCUT2D eigenvalue weighted by Crippen LogP contribution is -1.99. The molecule has 0 aliphatic heterocycles. The Morgan fingerprint density at radius 1 is 1.21 bits per heavy atom. The van der Waals surface area contributed by atoms with Gasteiger partial charge in [-0.1, -0.05) is 45.8 Å². The fourth-order valence-corrected chi connectivity index (χ4v) is 2.90. The highest BCUT2D eigenvalue weighted by molar-refractivity contribution is 9.10. The van der Waals surface area contributed by atoms with E-state index in [1.165, 1.54) is 11.1 Å². The van der Waals surface area contributed by atoms with E-state index in [2.05, 4.69) is 62.7 Å². The van der Waals surface area contributed by atoms with Crippen molar-refractivity contribution in [3.05, 3.63) is 62.8 Å². The zero-order valence-electron chi connectivity index (χ0n) is 10.5. The van der Waals surface area contributed by atoms with Crippen LogP contribution in [0.4, 0.5) is 0 Å². The second-order valence-electron chi connectivity index (χ2n) is 4.67. The summed E-state index contributed by atoms with van der Waals surface area (Å²) in [7, 11) is 0. The standard InChI is InChI=1S/C15H13BrN2S/c1-10-3-2-4-11(7-10)9-18-14-8-12(16)5-6-13(14)17-15(18)19/h2-8H,9H2,1H3,(H,17,19). The summed E-state index contributed by atoms with van der Waals surface area (Å²) in [4.78, 5) is 3.25. The number of fused-ring (bicyclic) bond motifs is 1. The molecule has 1 aromatic heterocycles. The number of aryl methyl sites for hydroxylation is 1. The normalized spacial score (nSPS) is 11.1. The highest BCUT2D eigenvalue weighted by atomic mass is 79.9. The molecule has 19 heavy (non-hydrogen) atoms. The summed E-state index contributed by atoms with van der Waals surface area (Å²) in [5.41, 5.74) is 4.73. The van der Waals surface area contributed by atoms with E-state index < -0.39 is 0 Å². The van der Waals surface area contributed by atoms with Crippen molar-refractivity contribution in [2.45, 2.75) is 13.5 Å². The molecule has 0 radical (unpaired) electrons. The lowest BCUT2D eigenvalue weighted by molar-refractivity contribution is 0.809. The number of hydrogen-bond donors (Lipinski definition) is 1. The zero-order valence-corrected chi connectivity index (χ0v) is 12.9. The molecule has 2 aromatic carbocycles. The van der Waals surface area contributed by atoms with Gasteiger partial charge in [-0.05, 0) is 42.9 Å². The van der Waals surface area contributed by atoms with Gasteiger partial charge in [-0.25, -0.2) is 0 Å². The maximum absolute atomic E-state index is 5.42. The van der Waals surface area contributed by atoms with Gasteiger partial charge in [-0.2, -0.15) is 0 Å². The van der Waals surface area contributed by atoms with Crippen LogP contribution in [0.2, 0.25) is 0 Å². The third-order valence-electron chi connectivity index (χ3n) is 3.16. The van der Waals surface area contributed by atoms with Crippen LogP contribution in [0.1, 0.15) is 11.1 Å². The van der Waals surface area contributed by atoms with E-state index in [1.807, 2.05) is 12.1 Å². The van der Waals surface area contributed by atoms with Crippen molar-refractivity contribution in [1.82, 2.24) is 9.55 Å². The first-order valence-electron chi connectivity index (χ1n) is 6.07. The average Bonchev–Trinajstić information content (AvgIpc) is 2.66. The summed E-state index contributed by atoms with van der Waals surface area (Å²) in [6.07, 6.45) is 0. The number of aromatic amines is 1. The number of rotatable bonds is 2. The minimum atomic E-state index is 0.759. The van der Waals surface area contributed by atoms with Gasteiger partial charge in [0, 0.05) is 4.47 Å². The van der Waals surface area contributed by atoms with Crippen LogP contribution in [0, 0.1) is 11.7 Å². The second-order valence-corrected chi connectivity index (χ2v) is 5.97. The monoisotopic (exact) mass is 332 g/mol. The Morgan fingerprint density at radius 2 is 2.05 bits per heavy atom. The minimum Gasteiger partial charge on any atom is -0.331 e. The lowest BCUT2D eigenvalue weighted by Gasteiger charge is -2.06. The lowest BCUT2D eigenvalue weighted by atomic mass is 10.1. The molecule has 96 valence electrons. The van der Waals surface area contributed by atoms with Crippen LogP contribution in [0.3, 0.4) is 0 Å². The Kier molecular flexibility index (Phi) is 3.29. The largest absolute Gasteiger partial charge is 0.331 e. The maximum atomic E-state index is 5.42. The number of imidazole rings is 1. The first-order valence-corrected chi connectivity index (χ1v) is 7.27. The Bertz CT molecular complexity index is 801. The van der Waals surface area contributed by atoms with E-state index in [0.29, 0.717) is 0 Å². The van der Waals surface area contributed by atoms with Crippen molar-refractivity contribution in [2.24, 2.45) is 0 Å². The van der Waals surface area contributed by atoms with E-state index in [4.69, 9.17) is 12.2 Å². The van der Waals surface area contributed by atoms with Crippen molar-refractivity contribution >= 4 is 39.2 Å². The summed E-state index contributed by atoms with van der Waals surface area (Å²) in [6.45, 7) is 2.89. The van der Waals surface area contributed by atoms with Gasteiger partial charge in [0.2, 0.25) is 0 Å². The molecule has 3 rings (SSSR count). The molecular weight excluding hydrogens is 320 g/mol. The predicted octanol–water partition coefficient (Wildman–Crippen LogP) is 4.82. The molecule has 3 aromatic rings. The van der Waals surface area contributed by atoms with E-state index in [-0.39, 0.29) is 0 Å². The van der Waals surface area contributed by atoms with Gasteiger partial charge in [0.25, 0.3) is 0 Å². The molecule has 1 heterocycles. The van der Waals surface area contributed by atoms with Crippen LogP contribution < -0.4 is 0 Å². The molecule has 1 N–H and O–H groups in total. The van der Waals surface area contributed by atoms with Crippen molar-refractivity contribution in [1.29, 1.82) is 0 Å². The molecular formula is C15H13BrN2S. The van der Waals surface area contributed by atoms with Crippen molar-refractivity contribution in [2.75, 3.05) is 0 Å². The highest BCUT2D eigenvalue weighted by Gasteiger charge is 2.05. The fraction of sp³-hybridized carbons (Fsp3) is 0.133. The minimum absolute atomic E-state index is 0.759. The molecule has 0 bridgehead atoms. The summed E-state index contributed by atoms with van der Waals surface area (Å²) >= 11 is 8.93. The molecule has 0 saturated heterocycles. The molecule has 0 aliphatic carbocycles. The van der Waals surface area contributed by atoms with Gasteiger partial charge in [-0.3, -0.25) is 0 Å². The van der Waals surface area contributed by atoms with Crippen LogP contribution in [0.5, 0.6) is 0 Å². The summed E-state index contributed by atoms with van der Waals surface area (Å²) < 4.78 is 3.95. The highest BCUT2D eigenvalue weighted by Crippen LogP contribution is 2.21. The van der Waals surface area contributed by atoms with E-state index in [0.717, 1.165) is 26.8 Å². The zero-order chi connectivity index (χ0) is 13.4. The second kappa shape index (κ2) is 4.94. The van der Waals surface area contributed by atoms with Gasteiger partial charge in [0.1, 0.15) is 0 Å². The topological polar surface area (TPSA) is 20.7 Å². The number of aromatic nitrogens is 2. The van der Waals surface area contributed by atoms with Crippen molar-refractivity contribution in [3.63, 3.8) is 0 Å². The molecule has 0 spiro atoms. The molecule has 0 aliphatic rings. The first-order chi connectivity index (χ1) is 9.13. The van der Waals surface area contributed by atoms with Gasteiger partial charge in [0.05, 0.1) is 17.6 Å². The third-order valence-corrected chi connectivity index (χ3v) is 3.98. The Labute approximate surface area is 125 Å². The molecule has 2 nitrogen and oxygen atoms in total. The predicted molar refractivity (Wildman–Crippen MR) is 85.1 cm³/mol. The fourth-order valence-electron chi connectivity index (χ4n) is 2.28. The summed E-state index contributed by atoms with van der Waals surface area (Å²) in [5, 5.41) is 0. The smallest absolute Gasteiger partial charge is 0.178 e. The quantitative estimate of drug-likeness (QED) is 0.667. The van der Waals surface area contributed by atoms with Gasteiger partial charge in [-0.15, -0.1) is 0 Å². The van der Waals surface area contributed by atoms with Crippen LogP contribution in [-0.4, -0.2) is 9.55 Å². The summed E-state index contributed by atoms with van der Waals surface area (Å²) in [5.74, 6) is 0. The van der Waals surface area contributed by atoms with Crippen LogP contribution in [0.15, 0.2) is 46.9 Å². The van der Waals surface area contributed by atoms with Crippen LogP contribution in [-0.2, 0) is 6.54 Å². The molecule has 4 heteroatoms. The van der Waals surface area contributed by atoms with E-state index in [9.17, 15) is 0 Å². The first kappa shape index (κ1) is 12.6. The van der Waals surface area contributed by atoms with Gasteiger partial charge in [0.15, 0.2) is 4.77 Å². The summed E-state index contributed by atoms with van der Waals surface area (Å²) in [6, 6.07) is 14.7. The average molecular weight is 333 g/mol. The molecule has 0 amide bonds. The van der Waals surface area contributed by atoms with Crippen LogP contribution >= 0.6 is 28.1 Å². The van der Waals surface area contributed by atoms with Crippen LogP contribution in [0.25, 0.3) is 11.0 Å².